The van der Waals surface area contributed by atoms with Crippen LogP contribution in [-0.4, -0.2) is 17.7 Å². The zero-order chi connectivity index (χ0) is 20.5. The number of amides is 1. The standard InChI is InChI=1S/C24H26N2O3/c1-18-7-13-22(14-8-18)29-23(20-5-3-2-4-6-20)15-16-25-17-19-9-11-21(12-10-19)24(27)26-28/h2-14,23,25,28H,15-17H2,1H3,(H,26,27)/t23-/m1/s1. The normalized spacial score (nSPS) is 11.7. The van der Waals surface area contributed by atoms with Gasteiger partial charge in [-0.25, -0.2) is 5.48 Å². The number of carbonyl (C=O) groups excluding carboxylic acids is 1. The minimum atomic E-state index is -0.511. The molecule has 3 aromatic carbocycles. The number of rotatable bonds is 9. The Bertz CT molecular complexity index is 894. The van der Waals surface area contributed by atoms with E-state index in [0.29, 0.717) is 12.1 Å². The Balaban J connectivity index is 1.55. The molecule has 0 spiro atoms. The van der Waals surface area contributed by atoms with Crippen molar-refractivity contribution < 1.29 is 14.7 Å². The summed E-state index contributed by atoms with van der Waals surface area (Å²) in [6.07, 6.45) is 0.783. The number of hydroxylamine groups is 1. The Labute approximate surface area is 171 Å². The summed E-state index contributed by atoms with van der Waals surface area (Å²) >= 11 is 0. The van der Waals surface area contributed by atoms with Crippen LogP contribution in [0.25, 0.3) is 0 Å². The first-order valence-electron chi connectivity index (χ1n) is 9.68. The van der Waals surface area contributed by atoms with Gasteiger partial charge in [-0.1, -0.05) is 60.2 Å². The lowest BCUT2D eigenvalue weighted by Gasteiger charge is -2.20. The summed E-state index contributed by atoms with van der Waals surface area (Å²) in [5, 5.41) is 12.1. The summed E-state index contributed by atoms with van der Waals surface area (Å²) in [6.45, 7) is 3.53. The van der Waals surface area contributed by atoms with Gasteiger partial charge < -0.3 is 10.1 Å². The van der Waals surface area contributed by atoms with E-state index in [0.717, 1.165) is 29.8 Å². The van der Waals surface area contributed by atoms with E-state index in [1.54, 1.807) is 17.6 Å². The summed E-state index contributed by atoms with van der Waals surface area (Å²) in [7, 11) is 0. The molecule has 0 aliphatic heterocycles. The SMILES string of the molecule is Cc1ccc(O[C@H](CCNCc2ccc(C(=O)NO)cc2)c2ccccc2)cc1. The summed E-state index contributed by atoms with van der Waals surface area (Å²) in [5.41, 5.74) is 5.48. The fraction of sp³-hybridized carbons (Fsp3) is 0.208. The van der Waals surface area contributed by atoms with Crippen LogP contribution in [0.3, 0.4) is 0 Å². The minimum absolute atomic E-state index is 0.0398. The van der Waals surface area contributed by atoms with Crippen LogP contribution >= 0.6 is 0 Å². The van der Waals surface area contributed by atoms with Crippen molar-refractivity contribution in [2.75, 3.05) is 6.54 Å². The van der Waals surface area contributed by atoms with Crippen molar-refractivity contribution in [1.82, 2.24) is 10.8 Å². The van der Waals surface area contributed by atoms with Gasteiger partial charge in [0, 0.05) is 18.5 Å². The second-order valence-corrected chi connectivity index (χ2v) is 6.93. The van der Waals surface area contributed by atoms with Crippen LogP contribution in [0.2, 0.25) is 0 Å². The summed E-state index contributed by atoms with van der Waals surface area (Å²) in [4.78, 5) is 11.4. The van der Waals surface area contributed by atoms with Crippen LogP contribution < -0.4 is 15.5 Å². The summed E-state index contributed by atoms with van der Waals surface area (Å²) in [5.74, 6) is 0.352. The summed E-state index contributed by atoms with van der Waals surface area (Å²) < 4.78 is 6.25. The van der Waals surface area contributed by atoms with Crippen LogP contribution in [0.15, 0.2) is 78.9 Å². The lowest BCUT2D eigenvalue weighted by Crippen LogP contribution is -2.20. The molecule has 5 nitrogen and oxygen atoms in total. The first kappa shape index (κ1) is 20.6. The number of hydrogen-bond donors (Lipinski definition) is 3. The molecule has 0 radical (unpaired) electrons. The maximum atomic E-state index is 11.4. The van der Waals surface area contributed by atoms with E-state index in [1.165, 1.54) is 5.56 Å². The fourth-order valence-electron chi connectivity index (χ4n) is 3.05. The first-order chi connectivity index (χ1) is 14.2. The number of nitrogens with one attached hydrogen (secondary N) is 2. The molecule has 3 rings (SSSR count). The second-order valence-electron chi connectivity index (χ2n) is 6.93. The van der Waals surface area contributed by atoms with E-state index in [9.17, 15) is 4.79 Å². The Hall–Kier alpha value is -3.15. The zero-order valence-electron chi connectivity index (χ0n) is 16.5. The topological polar surface area (TPSA) is 70.6 Å². The van der Waals surface area contributed by atoms with Gasteiger partial charge in [0.2, 0.25) is 0 Å². The van der Waals surface area contributed by atoms with Crippen LogP contribution in [0.4, 0.5) is 0 Å². The van der Waals surface area contributed by atoms with Gasteiger partial charge in [0.25, 0.3) is 5.91 Å². The van der Waals surface area contributed by atoms with Crippen molar-refractivity contribution in [3.63, 3.8) is 0 Å². The lowest BCUT2D eigenvalue weighted by atomic mass is 10.1. The van der Waals surface area contributed by atoms with Crippen molar-refractivity contribution in [2.24, 2.45) is 0 Å². The Morgan fingerprint density at radius 2 is 1.66 bits per heavy atom. The molecule has 0 aromatic heterocycles. The van der Waals surface area contributed by atoms with Gasteiger partial charge in [-0.2, -0.15) is 0 Å². The van der Waals surface area contributed by atoms with Crippen molar-refractivity contribution in [3.8, 4) is 5.75 Å². The second kappa shape index (κ2) is 10.4. The predicted molar refractivity (Wildman–Crippen MR) is 113 cm³/mol. The van der Waals surface area contributed by atoms with Gasteiger partial charge in [0.1, 0.15) is 11.9 Å². The minimum Gasteiger partial charge on any atom is -0.486 e. The van der Waals surface area contributed by atoms with E-state index >= 15 is 0 Å². The monoisotopic (exact) mass is 390 g/mol. The highest BCUT2D eigenvalue weighted by Gasteiger charge is 2.13. The number of hydrogen-bond acceptors (Lipinski definition) is 4. The molecule has 29 heavy (non-hydrogen) atoms. The number of benzene rings is 3. The molecule has 1 atom stereocenters. The molecule has 5 heteroatoms. The molecule has 0 aliphatic carbocycles. The lowest BCUT2D eigenvalue weighted by molar-refractivity contribution is 0.0706. The third-order valence-corrected chi connectivity index (χ3v) is 4.70. The van der Waals surface area contributed by atoms with Crippen LogP contribution in [0.1, 0.15) is 39.6 Å². The van der Waals surface area contributed by atoms with Crippen LogP contribution in [-0.2, 0) is 6.54 Å². The zero-order valence-corrected chi connectivity index (χ0v) is 16.5. The third-order valence-electron chi connectivity index (χ3n) is 4.70. The highest BCUT2D eigenvalue weighted by atomic mass is 16.5. The maximum absolute atomic E-state index is 11.4. The molecule has 0 heterocycles. The molecule has 0 aliphatic rings. The highest BCUT2D eigenvalue weighted by Crippen LogP contribution is 2.24. The van der Waals surface area contributed by atoms with E-state index in [1.807, 2.05) is 42.5 Å². The van der Waals surface area contributed by atoms with E-state index < -0.39 is 5.91 Å². The fourth-order valence-corrected chi connectivity index (χ4v) is 3.05. The number of ether oxygens (including phenoxy) is 1. The molecule has 0 saturated carbocycles. The van der Waals surface area contributed by atoms with Gasteiger partial charge in [-0.15, -0.1) is 0 Å². The van der Waals surface area contributed by atoms with Crippen LogP contribution in [0.5, 0.6) is 5.75 Å². The average molecular weight is 390 g/mol. The van der Waals surface area contributed by atoms with Crippen molar-refractivity contribution >= 4 is 5.91 Å². The number of carbonyl (C=O) groups is 1. The molecule has 3 aromatic rings. The Morgan fingerprint density at radius 3 is 2.31 bits per heavy atom. The molecule has 3 N–H and O–H groups in total. The first-order valence-corrected chi connectivity index (χ1v) is 9.68. The molecular weight excluding hydrogens is 364 g/mol. The summed E-state index contributed by atoms with van der Waals surface area (Å²) in [6, 6.07) is 25.5. The molecular formula is C24H26N2O3. The van der Waals surface area contributed by atoms with Gasteiger partial charge in [-0.05, 0) is 48.9 Å². The van der Waals surface area contributed by atoms with Crippen molar-refractivity contribution in [1.29, 1.82) is 0 Å². The van der Waals surface area contributed by atoms with Crippen LogP contribution in [0, 0.1) is 6.92 Å². The molecule has 0 saturated heterocycles. The third kappa shape index (κ3) is 6.17. The van der Waals surface area contributed by atoms with E-state index in [4.69, 9.17) is 9.94 Å². The van der Waals surface area contributed by atoms with Gasteiger partial charge in [0.15, 0.2) is 0 Å². The largest absolute Gasteiger partial charge is 0.486 e. The molecule has 150 valence electrons. The smallest absolute Gasteiger partial charge is 0.274 e. The molecule has 0 bridgehead atoms. The Morgan fingerprint density at radius 1 is 0.966 bits per heavy atom. The number of aryl methyl sites for hydroxylation is 1. The van der Waals surface area contributed by atoms with Gasteiger partial charge in [0.05, 0.1) is 0 Å². The quantitative estimate of drug-likeness (QED) is 0.287. The van der Waals surface area contributed by atoms with Gasteiger partial charge in [-0.3, -0.25) is 10.0 Å². The average Bonchev–Trinajstić information content (AvgIpc) is 2.77. The molecule has 0 unspecified atom stereocenters. The van der Waals surface area contributed by atoms with E-state index in [-0.39, 0.29) is 6.10 Å². The van der Waals surface area contributed by atoms with Crippen molar-refractivity contribution in [2.45, 2.75) is 26.0 Å². The highest BCUT2D eigenvalue weighted by molar-refractivity contribution is 5.93. The molecule has 0 fully saturated rings. The molecule has 1 amide bonds. The predicted octanol–water partition coefficient (Wildman–Crippen LogP) is 4.41. The van der Waals surface area contributed by atoms with Gasteiger partial charge >= 0.3 is 0 Å². The van der Waals surface area contributed by atoms with Crippen molar-refractivity contribution in [3.05, 3.63) is 101 Å². The Kier molecular flexibility index (Phi) is 7.39. The maximum Gasteiger partial charge on any atom is 0.274 e. The van der Waals surface area contributed by atoms with E-state index in [2.05, 4.69) is 36.5 Å².